The number of likely N-dealkylation sites (N-methyl/N-ethyl adjacent to an activating group) is 1. The average Bonchev–Trinajstić information content (AvgIpc) is 3.06. The van der Waals surface area contributed by atoms with Crippen LogP contribution in [0.5, 0.6) is 11.5 Å². The Morgan fingerprint density at radius 1 is 0.914 bits per heavy atom. The number of halogens is 2. The first-order chi connectivity index (χ1) is 16.8. The van der Waals surface area contributed by atoms with Gasteiger partial charge in [-0.1, -0.05) is 18.2 Å². The molecule has 0 aliphatic heterocycles. The summed E-state index contributed by atoms with van der Waals surface area (Å²) < 4.78 is 33.0. The summed E-state index contributed by atoms with van der Waals surface area (Å²) in [5.74, 6) is 0.460. The highest BCUT2D eigenvalue weighted by atomic mass is 19.1. The molecule has 0 heterocycles. The molecule has 0 radical (unpaired) electrons. The molecule has 1 aliphatic rings. The summed E-state index contributed by atoms with van der Waals surface area (Å²) in [6.07, 6.45) is 2.22. The monoisotopic (exact) mass is 474 g/mol. The summed E-state index contributed by atoms with van der Waals surface area (Å²) in [5.41, 5.74) is 5.37. The van der Waals surface area contributed by atoms with Gasteiger partial charge in [-0.05, 0) is 109 Å². The number of carbonyl (C=O) groups is 1. The summed E-state index contributed by atoms with van der Waals surface area (Å²) in [4.78, 5) is 14.6. The number of allylic oxidation sites excluding steroid dienone is 2. The quantitative estimate of drug-likeness (QED) is 0.426. The Morgan fingerprint density at radius 2 is 1.54 bits per heavy atom. The first kappa shape index (κ1) is 24.4. The molecule has 0 aromatic heterocycles. The maximum Gasteiger partial charge on any atom is 0.224 e. The third-order valence-corrected chi connectivity index (χ3v) is 5.91. The minimum absolute atomic E-state index is 0.0834. The number of carbonyl (C=O) groups excluding carboxylic acids is 1. The van der Waals surface area contributed by atoms with Crippen molar-refractivity contribution in [2.24, 2.45) is 0 Å². The fraction of sp³-hybridized carbons (Fsp3) is 0.207. The molecule has 180 valence electrons. The zero-order valence-corrected chi connectivity index (χ0v) is 20.1. The van der Waals surface area contributed by atoms with Gasteiger partial charge in [0.1, 0.15) is 23.1 Å². The lowest BCUT2D eigenvalue weighted by Gasteiger charge is -2.11. The van der Waals surface area contributed by atoms with Crippen LogP contribution in [0.3, 0.4) is 0 Å². The van der Waals surface area contributed by atoms with Gasteiger partial charge in [-0.25, -0.2) is 8.78 Å². The number of hydrogen-bond donors (Lipinski definition) is 1. The summed E-state index contributed by atoms with van der Waals surface area (Å²) in [7, 11) is 3.90. The summed E-state index contributed by atoms with van der Waals surface area (Å²) >= 11 is 0. The van der Waals surface area contributed by atoms with E-state index in [-0.39, 0.29) is 24.0 Å². The standard InChI is InChI=1S/C29H28F2N2O2/c1-19-26(16-20-4-9-23(10-5-20)35-24-11-6-21(30)7-12-24)25-13-8-22(31)17-28(25)27(19)18-29(34)32-14-15-33(2)3/h4-13,16-17H,14-15,18H2,1-3H3,(H,32,34)/b26-16-. The van der Waals surface area contributed by atoms with Crippen LogP contribution in [0, 0.1) is 11.6 Å². The van der Waals surface area contributed by atoms with E-state index in [1.807, 2.05) is 56.3 Å². The number of nitrogens with one attached hydrogen (secondary N) is 1. The molecule has 6 heteroatoms. The maximum atomic E-state index is 14.1. The van der Waals surface area contributed by atoms with Gasteiger partial charge in [-0.15, -0.1) is 0 Å². The number of nitrogens with zero attached hydrogens (tertiary/aromatic N) is 1. The second kappa shape index (κ2) is 10.7. The number of benzene rings is 3. The minimum atomic E-state index is -0.328. The van der Waals surface area contributed by atoms with E-state index in [2.05, 4.69) is 5.32 Å². The van der Waals surface area contributed by atoms with Crippen LogP contribution in [-0.2, 0) is 4.79 Å². The Kier molecular flexibility index (Phi) is 7.42. The van der Waals surface area contributed by atoms with Gasteiger partial charge in [0.2, 0.25) is 5.91 Å². The van der Waals surface area contributed by atoms with Crippen molar-refractivity contribution < 1.29 is 18.3 Å². The van der Waals surface area contributed by atoms with Crippen molar-refractivity contribution in [2.45, 2.75) is 13.3 Å². The van der Waals surface area contributed by atoms with Crippen molar-refractivity contribution in [1.29, 1.82) is 0 Å². The molecule has 4 rings (SSSR count). The molecule has 0 saturated carbocycles. The molecule has 35 heavy (non-hydrogen) atoms. The lowest BCUT2D eigenvalue weighted by molar-refractivity contribution is -0.120. The van der Waals surface area contributed by atoms with Crippen LogP contribution < -0.4 is 10.1 Å². The number of fused-ring (bicyclic) bond motifs is 1. The summed E-state index contributed by atoms with van der Waals surface area (Å²) in [6.45, 7) is 3.28. The highest BCUT2D eigenvalue weighted by Gasteiger charge is 2.25. The molecule has 0 unspecified atom stereocenters. The van der Waals surface area contributed by atoms with Crippen LogP contribution in [0.2, 0.25) is 0 Å². The van der Waals surface area contributed by atoms with E-state index < -0.39 is 0 Å². The first-order valence-corrected chi connectivity index (χ1v) is 11.5. The fourth-order valence-corrected chi connectivity index (χ4v) is 4.06. The third kappa shape index (κ3) is 6.03. The number of hydrogen-bond acceptors (Lipinski definition) is 3. The van der Waals surface area contributed by atoms with Crippen LogP contribution in [0.25, 0.3) is 17.2 Å². The molecule has 1 N–H and O–H groups in total. The smallest absolute Gasteiger partial charge is 0.224 e. The predicted molar refractivity (Wildman–Crippen MR) is 136 cm³/mol. The molecule has 3 aromatic rings. The lowest BCUT2D eigenvalue weighted by atomic mass is 10.0. The molecule has 1 amide bonds. The molecule has 0 atom stereocenters. The van der Waals surface area contributed by atoms with Crippen LogP contribution in [0.1, 0.15) is 30.0 Å². The normalized spacial score (nSPS) is 13.9. The third-order valence-electron chi connectivity index (χ3n) is 5.91. The van der Waals surface area contributed by atoms with Crippen LogP contribution in [0.15, 0.2) is 72.3 Å². The number of amides is 1. The van der Waals surface area contributed by atoms with E-state index in [9.17, 15) is 13.6 Å². The fourth-order valence-electron chi connectivity index (χ4n) is 4.06. The van der Waals surface area contributed by atoms with Gasteiger partial charge >= 0.3 is 0 Å². The van der Waals surface area contributed by atoms with Gasteiger partial charge in [-0.2, -0.15) is 0 Å². The van der Waals surface area contributed by atoms with Gasteiger partial charge < -0.3 is 15.0 Å². The van der Waals surface area contributed by atoms with E-state index in [0.29, 0.717) is 18.0 Å². The zero-order valence-electron chi connectivity index (χ0n) is 20.1. The molecular formula is C29H28F2N2O2. The molecule has 1 aliphatic carbocycles. The lowest BCUT2D eigenvalue weighted by Crippen LogP contribution is -2.31. The largest absolute Gasteiger partial charge is 0.457 e. The van der Waals surface area contributed by atoms with Gasteiger partial charge in [0, 0.05) is 13.1 Å². The van der Waals surface area contributed by atoms with E-state index in [0.717, 1.165) is 40.0 Å². The Hall–Kier alpha value is -3.77. The van der Waals surface area contributed by atoms with Crippen molar-refractivity contribution in [3.05, 3.63) is 101 Å². The second-order valence-corrected chi connectivity index (χ2v) is 8.81. The summed E-state index contributed by atoms with van der Waals surface area (Å²) in [5, 5.41) is 2.94. The highest BCUT2D eigenvalue weighted by molar-refractivity contribution is 6.08. The molecule has 3 aromatic carbocycles. The molecule has 4 nitrogen and oxygen atoms in total. The molecule has 0 spiro atoms. The van der Waals surface area contributed by atoms with Gasteiger partial charge in [0.25, 0.3) is 0 Å². The van der Waals surface area contributed by atoms with Crippen LogP contribution >= 0.6 is 0 Å². The number of rotatable bonds is 8. The van der Waals surface area contributed by atoms with Crippen molar-refractivity contribution in [2.75, 3.05) is 27.2 Å². The van der Waals surface area contributed by atoms with Crippen molar-refractivity contribution in [3.8, 4) is 11.5 Å². The predicted octanol–water partition coefficient (Wildman–Crippen LogP) is 6.15. The minimum Gasteiger partial charge on any atom is -0.457 e. The van der Waals surface area contributed by atoms with Crippen molar-refractivity contribution in [3.63, 3.8) is 0 Å². The van der Waals surface area contributed by atoms with E-state index in [1.54, 1.807) is 18.2 Å². The van der Waals surface area contributed by atoms with Crippen molar-refractivity contribution >= 4 is 23.1 Å². The highest BCUT2D eigenvalue weighted by Crippen LogP contribution is 2.43. The van der Waals surface area contributed by atoms with E-state index in [1.165, 1.54) is 24.3 Å². The van der Waals surface area contributed by atoms with Crippen LogP contribution in [0.4, 0.5) is 8.78 Å². The Balaban J connectivity index is 1.56. The Morgan fingerprint density at radius 3 is 2.20 bits per heavy atom. The van der Waals surface area contributed by atoms with Crippen LogP contribution in [-0.4, -0.2) is 38.0 Å². The Bertz CT molecular complexity index is 1280. The topological polar surface area (TPSA) is 41.6 Å². The molecular weight excluding hydrogens is 446 g/mol. The average molecular weight is 475 g/mol. The van der Waals surface area contributed by atoms with Gasteiger partial charge in [0.15, 0.2) is 0 Å². The van der Waals surface area contributed by atoms with E-state index >= 15 is 0 Å². The molecule has 0 fully saturated rings. The number of ether oxygens (including phenoxy) is 1. The van der Waals surface area contributed by atoms with E-state index in [4.69, 9.17) is 4.74 Å². The van der Waals surface area contributed by atoms with Gasteiger partial charge in [0.05, 0.1) is 6.42 Å². The summed E-state index contributed by atoms with van der Waals surface area (Å²) in [6, 6.07) is 18.1. The second-order valence-electron chi connectivity index (χ2n) is 8.81. The SMILES string of the molecule is CC1=C(CC(=O)NCCN(C)C)c2cc(F)ccc2/C1=C\c1ccc(Oc2ccc(F)cc2)cc1. The maximum absolute atomic E-state index is 14.1. The first-order valence-electron chi connectivity index (χ1n) is 11.5. The molecule has 0 saturated heterocycles. The Labute approximate surface area is 204 Å². The molecule has 0 bridgehead atoms. The zero-order chi connectivity index (χ0) is 24.9. The van der Waals surface area contributed by atoms with Crippen molar-refractivity contribution in [1.82, 2.24) is 10.2 Å². The van der Waals surface area contributed by atoms with Gasteiger partial charge in [-0.3, -0.25) is 4.79 Å².